The lowest BCUT2D eigenvalue weighted by molar-refractivity contribution is -0.133. The number of imide groups is 1. The van der Waals surface area contributed by atoms with Gasteiger partial charge in [0.25, 0.3) is 5.91 Å². The van der Waals surface area contributed by atoms with Crippen molar-refractivity contribution in [2.45, 2.75) is 51.1 Å². The molecule has 0 radical (unpaired) electrons. The molecule has 1 heterocycles. The maximum atomic E-state index is 12.9. The van der Waals surface area contributed by atoms with Gasteiger partial charge in [-0.25, -0.2) is 4.79 Å². The summed E-state index contributed by atoms with van der Waals surface area (Å²) in [7, 11) is 0. The summed E-state index contributed by atoms with van der Waals surface area (Å²) in [5, 5.41) is 11.9. The van der Waals surface area contributed by atoms with E-state index in [1.807, 2.05) is 13.0 Å². The van der Waals surface area contributed by atoms with E-state index in [9.17, 15) is 9.59 Å². The summed E-state index contributed by atoms with van der Waals surface area (Å²) in [5.74, 6) is 0.0694. The van der Waals surface area contributed by atoms with Gasteiger partial charge in [0.05, 0.1) is 18.2 Å². The van der Waals surface area contributed by atoms with Gasteiger partial charge in [0.2, 0.25) is 0 Å². The number of carbonyl (C=O) groups is 2. The normalized spacial score (nSPS) is 25.3. The Kier molecular flexibility index (Phi) is 4.08. The van der Waals surface area contributed by atoms with Gasteiger partial charge in [-0.2, -0.15) is 5.26 Å². The Morgan fingerprint density at radius 2 is 2.04 bits per heavy atom. The van der Waals surface area contributed by atoms with Crippen molar-refractivity contribution in [1.29, 1.82) is 5.26 Å². The number of rotatable bonds is 3. The van der Waals surface area contributed by atoms with Crippen LogP contribution in [0.25, 0.3) is 0 Å². The molecule has 2 fully saturated rings. The van der Waals surface area contributed by atoms with Crippen LogP contribution in [0.5, 0.6) is 0 Å². The molecule has 1 aliphatic carbocycles. The Bertz CT molecular complexity index is 673. The number of urea groups is 1. The molecule has 1 aromatic rings. The second-order valence-electron chi connectivity index (χ2n) is 6.67. The lowest BCUT2D eigenvalue weighted by Crippen LogP contribution is -2.51. The quantitative estimate of drug-likeness (QED) is 0.872. The standard InChI is InChI=1S/C18H21N3O2/c1-18(15-8-3-2-4-9-15)16(22)21(17(23)20-18)12-14-7-5-6-13(10-14)11-19/h5-7,10,15H,2-4,8-9,12H2,1H3,(H,20,23)/t18-/m0/s1. The largest absolute Gasteiger partial charge is 0.325 e. The zero-order valence-electron chi connectivity index (χ0n) is 13.3. The minimum Gasteiger partial charge on any atom is -0.323 e. The minimum atomic E-state index is -0.787. The van der Waals surface area contributed by atoms with Crippen molar-refractivity contribution < 1.29 is 9.59 Å². The Morgan fingerprint density at radius 1 is 1.30 bits per heavy atom. The van der Waals surface area contributed by atoms with Crippen molar-refractivity contribution in [3.05, 3.63) is 35.4 Å². The highest BCUT2D eigenvalue weighted by Crippen LogP contribution is 2.36. The number of carbonyl (C=O) groups excluding carboxylic acids is 2. The monoisotopic (exact) mass is 311 g/mol. The molecule has 1 N–H and O–H groups in total. The average molecular weight is 311 g/mol. The van der Waals surface area contributed by atoms with Gasteiger partial charge in [-0.05, 0) is 43.4 Å². The lowest BCUT2D eigenvalue weighted by Gasteiger charge is -2.34. The second-order valence-corrected chi connectivity index (χ2v) is 6.67. The summed E-state index contributed by atoms with van der Waals surface area (Å²) in [6.45, 7) is 2.07. The summed E-state index contributed by atoms with van der Waals surface area (Å²) in [6.07, 6.45) is 5.42. The predicted octanol–water partition coefficient (Wildman–Crippen LogP) is 2.95. The van der Waals surface area contributed by atoms with Crippen molar-refractivity contribution in [3.8, 4) is 6.07 Å². The van der Waals surface area contributed by atoms with E-state index in [2.05, 4.69) is 11.4 Å². The maximum absolute atomic E-state index is 12.9. The van der Waals surface area contributed by atoms with Crippen LogP contribution in [-0.4, -0.2) is 22.4 Å². The van der Waals surface area contributed by atoms with E-state index in [0.29, 0.717) is 5.56 Å². The molecule has 2 aliphatic rings. The molecule has 3 rings (SSSR count). The van der Waals surface area contributed by atoms with Crippen LogP contribution in [-0.2, 0) is 11.3 Å². The number of amides is 3. The zero-order chi connectivity index (χ0) is 16.4. The SMILES string of the molecule is C[C@@]1(C2CCCCC2)NC(=O)N(Cc2cccc(C#N)c2)C1=O. The van der Waals surface area contributed by atoms with Gasteiger partial charge in [0.1, 0.15) is 5.54 Å². The minimum absolute atomic E-state index is 0.142. The molecule has 0 aromatic heterocycles. The summed E-state index contributed by atoms with van der Waals surface area (Å²) in [6, 6.07) is 8.78. The van der Waals surface area contributed by atoms with Crippen LogP contribution in [0.2, 0.25) is 0 Å². The molecule has 1 saturated heterocycles. The number of benzene rings is 1. The first-order valence-electron chi connectivity index (χ1n) is 8.18. The molecule has 0 unspecified atom stereocenters. The van der Waals surface area contributed by atoms with E-state index in [1.54, 1.807) is 18.2 Å². The van der Waals surface area contributed by atoms with Crippen LogP contribution in [0.3, 0.4) is 0 Å². The third-order valence-corrected chi connectivity index (χ3v) is 5.12. The number of nitriles is 1. The van der Waals surface area contributed by atoms with Gasteiger partial charge in [0, 0.05) is 0 Å². The van der Waals surface area contributed by atoms with E-state index < -0.39 is 5.54 Å². The number of nitrogens with one attached hydrogen (secondary N) is 1. The first kappa shape index (κ1) is 15.5. The molecule has 1 atom stereocenters. The fourth-order valence-corrected chi connectivity index (χ4v) is 3.74. The van der Waals surface area contributed by atoms with Crippen molar-refractivity contribution in [3.63, 3.8) is 0 Å². The molecule has 1 saturated carbocycles. The van der Waals surface area contributed by atoms with Gasteiger partial charge >= 0.3 is 6.03 Å². The average Bonchev–Trinajstić information content (AvgIpc) is 2.80. The van der Waals surface area contributed by atoms with Gasteiger partial charge in [-0.15, -0.1) is 0 Å². The molecule has 0 bridgehead atoms. The predicted molar refractivity (Wildman–Crippen MR) is 85.2 cm³/mol. The summed E-state index contributed by atoms with van der Waals surface area (Å²) in [4.78, 5) is 26.5. The fraction of sp³-hybridized carbons (Fsp3) is 0.500. The Morgan fingerprint density at radius 3 is 2.74 bits per heavy atom. The molecular formula is C18H21N3O2. The van der Waals surface area contributed by atoms with E-state index in [1.165, 1.54) is 11.3 Å². The molecule has 1 aliphatic heterocycles. The van der Waals surface area contributed by atoms with Gasteiger partial charge < -0.3 is 5.32 Å². The highest BCUT2D eigenvalue weighted by Gasteiger charge is 2.52. The van der Waals surface area contributed by atoms with E-state index in [0.717, 1.165) is 31.2 Å². The van der Waals surface area contributed by atoms with Crippen molar-refractivity contribution in [2.24, 2.45) is 5.92 Å². The van der Waals surface area contributed by atoms with Crippen molar-refractivity contribution >= 4 is 11.9 Å². The summed E-state index contributed by atoms with van der Waals surface area (Å²) in [5.41, 5.74) is 0.537. The van der Waals surface area contributed by atoms with Crippen LogP contribution in [0.4, 0.5) is 4.79 Å². The fourth-order valence-electron chi connectivity index (χ4n) is 3.74. The zero-order valence-corrected chi connectivity index (χ0v) is 13.3. The van der Waals surface area contributed by atoms with Crippen LogP contribution in [0.15, 0.2) is 24.3 Å². The van der Waals surface area contributed by atoms with Crippen molar-refractivity contribution in [2.75, 3.05) is 0 Å². The van der Waals surface area contributed by atoms with Crippen LogP contribution < -0.4 is 5.32 Å². The van der Waals surface area contributed by atoms with E-state index >= 15 is 0 Å². The first-order valence-corrected chi connectivity index (χ1v) is 8.18. The van der Waals surface area contributed by atoms with Crippen molar-refractivity contribution in [1.82, 2.24) is 10.2 Å². The van der Waals surface area contributed by atoms with Gasteiger partial charge in [0.15, 0.2) is 0 Å². The molecule has 1 aromatic carbocycles. The van der Waals surface area contributed by atoms with Gasteiger partial charge in [-0.1, -0.05) is 31.4 Å². The smallest absolute Gasteiger partial charge is 0.323 e. The van der Waals surface area contributed by atoms with Gasteiger partial charge in [-0.3, -0.25) is 9.69 Å². The Balaban J connectivity index is 1.79. The topological polar surface area (TPSA) is 73.2 Å². The Hall–Kier alpha value is -2.35. The maximum Gasteiger partial charge on any atom is 0.325 e. The number of hydrogen-bond acceptors (Lipinski definition) is 3. The van der Waals surface area contributed by atoms with Crippen LogP contribution in [0, 0.1) is 17.2 Å². The molecular weight excluding hydrogens is 290 g/mol. The third-order valence-electron chi connectivity index (χ3n) is 5.12. The van der Waals surface area contributed by atoms with Crippen LogP contribution >= 0.6 is 0 Å². The molecule has 5 nitrogen and oxygen atoms in total. The van der Waals surface area contributed by atoms with Crippen LogP contribution in [0.1, 0.15) is 50.2 Å². The highest BCUT2D eigenvalue weighted by molar-refractivity contribution is 6.06. The summed E-state index contributed by atoms with van der Waals surface area (Å²) < 4.78 is 0. The molecule has 5 heteroatoms. The number of hydrogen-bond donors (Lipinski definition) is 1. The second kappa shape index (κ2) is 6.04. The Labute approximate surface area is 136 Å². The van der Waals surface area contributed by atoms with E-state index in [-0.39, 0.29) is 24.4 Å². The molecule has 23 heavy (non-hydrogen) atoms. The molecule has 0 spiro atoms. The number of nitrogens with zero attached hydrogens (tertiary/aromatic N) is 2. The molecule has 120 valence electrons. The molecule has 3 amide bonds. The van der Waals surface area contributed by atoms with E-state index in [4.69, 9.17) is 5.26 Å². The first-order chi connectivity index (χ1) is 11.0. The third kappa shape index (κ3) is 2.81. The highest BCUT2D eigenvalue weighted by atomic mass is 16.2. The lowest BCUT2D eigenvalue weighted by atomic mass is 9.75. The summed E-state index contributed by atoms with van der Waals surface area (Å²) >= 11 is 0.